The number of thiophene rings is 1. The van der Waals surface area contributed by atoms with Crippen molar-refractivity contribution in [1.29, 1.82) is 0 Å². The number of carbonyl (C=O) groups is 2. The summed E-state index contributed by atoms with van der Waals surface area (Å²) in [4.78, 5) is 38.0. The molecule has 9 heteroatoms. The number of carbonyl (C=O) groups excluding carboxylic acids is 2. The van der Waals surface area contributed by atoms with Gasteiger partial charge in [-0.1, -0.05) is 13.8 Å². The number of anilines is 2. The fraction of sp³-hybridized carbons (Fsp3) is 0.524. The molecule has 1 N–H and O–H groups in total. The van der Waals surface area contributed by atoms with Gasteiger partial charge in [0.05, 0.1) is 18.7 Å². The zero-order valence-electron chi connectivity index (χ0n) is 18.0. The summed E-state index contributed by atoms with van der Waals surface area (Å²) in [6, 6.07) is 3.69. The normalized spacial score (nSPS) is 14.8. The number of piperazine rings is 1. The van der Waals surface area contributed by atoms with E-state index in [0.717, 1.165) is 43.5 Å². The van der Waals surface area contributed by atoms with Crippen LogP contribution >= 0.6 is 11.3 Å². The maximum absolute atomic E-state index is 12.5. The second-order valence-electron chi connectivity index (χ2n) is 7.58. The van der Waals surface area contributed by atoms with Crippen LogP contribution in [-0.2, 0) is 9.53 Å². The summed E-state index contributed by atoms with van der Waals surface area (Å²) in [6.45, 7) is 11.7. The summed E-state index contributed by atoms with van der Waals surface area (Å²) in [5.41, 5.74) is 1.37. The summed E-state index contributed by atoms with van der Waals surface area (Å²) in [7, 11) is 0. The molecular weight excluding hydrogens is 402 g/mol. The number of aromatic nitrogens is 2. The van der Waals surface area contributed by atoms with Crippen LogP contribution < -0.4 is 10.2 Å². The molecule has 2 aromatic heterocycles. The van der Waals surface area contributed by atoms with E-state index in [2.05, 4.69) is 33.9 Å². The number of aryl methyl sites for hydroxylation is 1. The summed E-state index contributed by atoms with van der Waals surface area (Å²) in [5.74, 6) is 1.55. The Morgan fingerprint density at radius 3 is 2.63 bits per heavy atom. The van der Waals surface area contributed by atoms with Gasteiger partial charge in [-0.25, -0.2) is 14.8 Å². The van der Waals surface area contributed by atoms with E-state index in [1.807, 2.05) is 13.0 Å². The van der Waals surface area contributed by atoms with E-state index in [0.29, 0.717) is 17.2 Å². The molecule has 1 fully saturated rings. The lowest BCUT2D eigenvalue weighted by molar-refractivity contribution is -0.117. The molecule has 0 bridgehead atoms. The Labute approximate surface area is 181 Å². The SMILES string of the molecule is CCOC(=O)c1ccsc1NC(=O)CN1CCN(c2cc(C)nc(C(C)C)n2)CC1. The average molecular weight is 432 g/mol. The summed E-state index contributed by atoms with van der Waals surface area (Å²) in [6.07, 6.45) is 0. The molecule has 30 heavy (non-hydrogen) atoms. The third-order valence-corrected chi connectivity index (χ3v) is 5.68. The van der Waals surface area contributed by atoms with Crippen molar-refractivity contribution >= 4 is 34.0 Å². The standard InChI is InChI=1S/C21H29N5O3S/c1-5-29-21(28)16-6-11-30-20(16)24-18(27)13-25-7-9-26(10-8-25)17-12-15(4)22-19(23-17)14(2)3/h6,11-12,14H,5,7-10,13H2,1-4H3,(H,24,27). The highest BCUT2D eigenvalue weighted by atomic mass is 32.1. The van der Waals surface area contributed by atoms with Crippen molar-refractivity contribution in [2.45, 2.75) is 33.6 Å². The number of nitrogens with zero attached hydrogens (tertiary/aromatic N) is 4. The maximum atomic E-state index is 12.5. The molecule has 162 valence electrons. The Bertz CT molecular complexity index is 891. The molecule has 1 aliphatic heterocycles. The van der Waals surface area contributed by atoms with E-state index in [9.17, 15) is 9.59 Å². The highest BCUT2D eigenvalue weighted by Gasteiger charge is 2.22. The Kier molecular flexibility index (Phi) is 7.38. The molecule has 0 atom stereocenters. The fourth-order valence-corrected chi connectivity index (χ4v) is 4.07. The van der Waals surface area contributed by atoms with Crippen molar-refractivity contribution < 1.29 is 14.3 Å². The van der Waals surface area contributed by atoms with Crippen molar-refractivity contribution in [2.75, 3.05) is 49.5 Å². The lowest BCUT2D eigenvalue weighted by Gasteiger charge is -2.35. The number of amides is 1. The van der Waals surface area contributed by atoms with Crippen LogP contribution in [0.4, 0.5) is 10.8 Å². The van der Waals surface area contributed by atoms with E-state index in [1.165, 1.54) is 11.3 Å². The Balaban J connectivity index is 1.54. The molecule has 0 aliphatic carbocycles. The van der Waals surface area contributed by atoms with Gasteiger partial charge in [-0.3, -0.25) is 9.69 Å². The van der Waals surface area contributed by atoms with Gasteiger partial charge < -0.3 is 15.0 Å². The number of hydrogen-bond acceptors (Lipinski definition) is 8. The monoisotopic (exact) mass is 431 g/mol. The van der Waals surface area contributed by atoms with Gasteiger partial charge in [-0.05, 0) is 25.3 Å². The average Bonchev–Trinajstić information content (AvgIpc) is 3.16. The minimum absolute atomic E-state index is 0.128. The molecular formula is C21H29N5O3S. The van der Waals surface area contributed by atoms with Crippen molar-refractivity contribution in [3.8, 4) is 0 Å². The van der Waals surface area contributed by atoms with Gasteiger partial charge in [0.1, 0.15) is 16.6 Å². The first-order valence-corrected chi connectivity index (χ1v) is 11.1. The van der Waals surface area contributed by atoms with Gasteiger partial charge >= 0.3 is 5.97 Å². The molecule has 3 rings (SSSR count). The summed E-state index contributed by atoms with van der Waals surface area (Å²) in [5, 5.41) is 5.16. The molecule has 2 aromatic rings. The van der Waals surface area contributed by atoms with Crippen LogP contribution in [0.15, 0.2) is 17.5 Å². The van der Waals surface area contributed by atoms with Gasteiger partial charge in [0.25, 0.3) is 0 Å². The predicted molar refractivity (Wildman–Crippen MR) is 118 cm³/mol. The van der Waals surface area contributed by atoms with E-state index < -0.39 is 5.97 Å². The first kappa shape index (κ1) is 22.2. The molecule has 1 aliphatic rings. The molecule has 0 aromatic carbocycles. The third-order valence-electron chi connectivity index (χ3n) is 4.85. The minimum Gasteiger partial charge on any atom is -0.462 e. The van der Waals surface area contributed by atoms with Crippen molar-refractivity contribution in [1.82, 2.24) is 14.9 Å². The zero-order valence-corrected chi connectivity index (χ0v) is 18.8. The molecule has 8 nitrogen and oxygen atoms in total. The highest BCUT2D eigenvalue weighted by Crippen LogP contribution is 2.24. The number of nitrogens with one attached hydrogen (secondary N) is 1. The van der Waals surface area contributed by atoms with Crippen LogP contribution in [0.1, 0.15) is 48.6 Å². The second-order valence-corrected chi connectivity index (χ2v) is 8.49. The van der Waals surface area contributed by atoms with E-state index in [1.54, 1.807) is 18.4 Å². The van der Waals surface area contributed by atoms with Crippen molar-refractivity contribution in [2.24, 2.45) is 0 Å². The first-order valence-electron chi connectivity index (χ1n) is 10.2. The number of rotatable bonds is 7. The fourth-order valence-electron chi connectivity index (χ4n) is 3.27. The highest BCUT2D eigenvalue weighted by molar-refractivity contribution is 7.14. The van der Waals surface area contributed by atoms with Crippen LogP contribution in [0.2, 0.25) is 0 Å². The lowest BCUT2D eigenvalue weighted by Crippen LogP contribution is -2.49. The van der Waals surface area contributed by atoms with Crippen LogP contribution in [-0.4, -0.2) is 66.1 Å². The second kappa shape index (κ2) is 9.99. The van der Waals surface area contributed by atoms with Gasteiger partial charge in [0.15, 0.2) is 0 Å². The van der Waals surface area contributed by atoms with Crippen LogP contribution in [0.5, 0.6) is 0 Å². The third kappa shape index (κ3) is 5.54. The largest absolute Gasteiger partial charge is 0.462 e. The van der Waals surface area contributed by atoms with Gasteiger partial charge in [-0.15, -0.1) is 11.3 Å². The Morgan fingerprint density at radius 2 is 1.97 bits per heavy atom. The van der Waals surface area contributed by atoms with Gasteiger partial charge in [0, 0.05) is 43.9 Å². The van der Waals surface area contributed by atoms with Crippen LogP contribution in [0, 0.1) is 6.92 Å². The predicted octanol–water partition coefficient (Wildman–Crippen LogP) is 2.91. The number of hydrogen-bond donors (Lipinski definition) is 1. The van der Waals surface area contributed by atoms with E-state index in [4.69, 9.17) is 9.72 Å². The molecule has 0 saturated carbocycles. The molecule has 0 radical (unpaired) electrons. The number of esters is 1. The van der Waals surface area contributed by atoms with Crippen molar-refractivity contribution in [3.05, 3.63) is 34.6 Å². The smallest absolute Gasteiger partial charge is 0.341 e. The number of ether oxygens (including phenoxy) is 1. The molecule has 0 spiro atoms. The maximum Gasteiger partial charge on any atom is 0.341 e. The molecule has 0 unspecified atom stereocenters. The molecule has 3 heterocycles. The molecule has 1 amide bonds. The van der Waals surface area contributed by atoms with Gasteiger partial charge in [0.2, 0.25) is 5.91 Å². The van der Waals surface area contributed by atoms with Gasteiger partial charge in [-0.2, -0.15) is 0 Å². The lowest BCUT2D eigenvalue weighted by atomic mass is 10.2. The van der Waals surface area contributed by atoms with E-state index >= 15 is 0 Å². The zero-order chi connectivity index (χ0) is 21.7. The van der Waals surface area contributed by atoms with Crippen LogP contribution in [0.25, 0.3) is 0 Å². The quantitative estimate of drug-likeness (QED) is 0.675. The molecule has 1 saturated heterocycles. The Hall–Kier alpha value is -2.52. The minimum atomic E-state index is -0.413. The first-order chi connectivity index (χ1) is 14.4. The van der Waals surface area contributed by atoms with Crippen LogP contribution in [0.3, 0.4) is 0 Å². The van der Waals surface area contributed by atoms with Crippen molar-refractivity contribution in [3.63, 3.8) is 0 Å². The van der Waals surface area contributed by atoms with E-state index in [-0.39, 0.29) is 18.4 Å². The topological polar surface area (TPSA) is 87.7 Å². The summed E-state index contributed by atoms with van der Waals surface area (Å²) < 4.78 is 5.03. The summed E-state index contributed by atoms with van der Waals surface area (Å²) >= 11 is 1.32. The Morgan fingerprint density at radius 1 is 1.23 bits per heavy atom.